The molecule has 9 nitrogen and oxygen atoms in total. The second-order valence-corrected chi connectivity index (χ2v) is 12.4. The molecule has 1 fully saturated rings. The normalized spacial score (nSPS) is 17.3. The lowest BCUT2D eigenvalue weighted by atomic mass is 9.96. The number of aliphatic hydroxyl groups is 1. The number of hydrogen-bond donors (Lipinski definition) is 4. The third-order valence-electron chi connectivity index (χ3n) is 7.52. The number of hydrogen-bond acceptors (Lipinski definition) is 7. The quantitative estimate of drug-likeness (QED) is 0.285. The first-order valence-corrected chi connectivity index (χ1v) is 14.7. The van der Waals surface area contributed by atoms with Gasteiger partial charge in [-0.25, -0.2) is 0 Å². The van der Waals surface area contributed by atoms with Crippen LogP contribution in [-0.2, 0) is 22.6 Å². The van der Waals surface area contributed by atoms with Crippen LogP contribution < -0.4 is 15.4 Å². The smallest absolute Gasteiger partial charge is 0.254 e. The number of phenols is 1. The Balaban J connectivity index is 1.56. The van der Waals surface area contributed by atoms with Gasteiger partial charge in [0.15, 0.2) is 6.10 Å². The molecule has 222 valence electrons. The van der Waals surface area contributed by atoms with Crippen LogP contribution in [0.4, 0.5) is 0 Å². The largest absolute Gasteiger partial charge is 0.508 e. The average molecular weight is 592 g/mol. The highest BCUT2D eigenvalue weighted by molar-refractivity contribution is 8.00. The Labute approximate surface area is 250 Å². The Bertz CT molecular complexity index is 1430. The molecule has 0 saturated carbocycles. The molecule has 0 aromatic heterocycles. The van der Waals surface area contributed by atoms with Crippen LogP contribution in [0.1, 0.15) is 40.9 Å². The summed E-state index contributed by atoms with van der Waals surface area (Å²) < 4.78 is 4.76. The lowest BCUT2D eigenvalue weighted by molar-refractivity contribution is -0.147. The first-order valence-electron chi connectivity index (χ1n) is 13.7. The number of aliphatic hydroxyl groups excluding tert-OH is 1. The fraction of sp³-hybridized carbons (Fsp3) is 0.344. The number of thioether (sulfide) groups is 1. The van der Waals surface area contributed by atoms with E-state index in [2.05, 4.69) is 10.6 Å². The standard InChI is InChI=1S/C32H37N3O6S/c1-20-23(14-10-15-25(20)36)29(38)34-24(17-21-11-6-5-7-12-21)27(37)31(40)35-19-42-32(2,3)28(35)30(39)33-18-22-13-8-9-16-26(22)41-4/h5-16,24,27-28,36-37H,17-19H2,1-4H3,(H,33,39)(H,34,38). The maximum Gasteiger partial charge on any atom is 0.254 e. The minimum atomic E-state index is -1.63. The van der Waals surface area contributed by atoms with E-state index in [1.54, 1.807) is 26.2 Å². The van der Waals surface area contributed by atoms with E-state index in [1.165, 1.54) is 22.7 Å². The molecule has 3 atom stereocenters. The number of phenolic OH excluding ortho intramolecular Hbond substituents is 1. The van der Waals surface area contributed by atoms with Crippen LogP contribution in [0.2, 0.25) is 0 Å². The van der Waals surface area contributed by atoms with E-state index in [4.69, 9.17) is 4.74 Å². The predicted octanol–water partition coefficient (Wildman–Crippen LogP) is 3.41. The van der Waals surface area contributed by atoms with Crippen molar-refractivity contribution >= 4 is 29.5 Å². The van der Waals surface area contributed by atoms with Crippen LogP contribution in [0, 0.1) is 6.92 Å². The van der Waals surface area contributed by atoms with Gasteiger partial charge in [0.1, 0.15) is 17.5 Å². The highest BCUT2D eigenvalue weighted by Crippen LogP contribution is 2.40. The van der Waals surface area contributed by atoms with Crippen molar-refractivity contribution in [1.29, 1.82) is 0 Å². The molecule has 1 aliphatic rings. The van der Waals surface area contributed by atoms with Crippen molar-refractivity contribution < 1.29 is 29.3 Å². The summed E-state index contributed by atoms with van der Waals surface area (Å²) in [5.74, 6) is -0.721. The molecular weight excluding hydrogens is 554 g/mol. The zero-order chi connectivity index (χ0) is 30.4. The van der Waals surface area contributed by atoms with Crippen molar-refractivity contribution in [3.63, 3.8) is 0 Å². The average Bonchev–Trinajstić information content (AvgIpc) is 3.31. The fourth-order valence-corrected chi connectivity index (χ4v) is 6.25. The second-order valence-electron chi connectivity index (χ2n) is 10.8. The minimum Gasteiger partial charge on any atom is -0.508 e. The van der Waals surface area contributed by atoms with Gasteiger partial charge in [-0.05, 0) is 51.0 Å². The molecule has 3 amide bonds. The Morgan fingerprint density at radius 2 is 1.74 bits per heavy atom. The van der Waals surface area contributed by atoms with E-state index >= 15 is 0 Å². The number of methoxy groups -OCH3 is 1. The van der Waals surface area contributed by atoms with Crippen molar-refractivity contribution in [2.45, 2.75) is 56.7 Å². The van der Waals surface area contributed by atoms with Crippen LogP contribution >= 0.6 is 11.8 Å². The number of carbonyl (C=O) groups is 3. The summed E-state index contributed by atoms with van der Waals surface area (Å²) in [6, 6.07) is 19.3. The van der Waals surface area contributed by atoms with Gasteiger partial charge in [-0.1, -0.05) is 54.6 Å². The van der Waals surface area contributed by atoms with Gasteiger partial charge in [0, 0.05) is 28.0 Å². The van der Waals surface area contributed by atoms with E-state index < -0.39 is 34.7 Å². The summed E-state index contributed by atoms with van der Waals surface area (Å²) in [5.41, 5.74) is 2.23. The Kier molecular flexibility index (Phi) is 9.80. The highest BCUT2D eigenvalue weighted by Gasteiger charge is 2.49. The highest BCUT2D eigenvalue weighted by atomic mass is 32.2. The number of amides is 3. The molecule has 1 aliphatic heterocycles. The van der Waals surface area contributed by atoms with E-state index in [0.717, 1.165) is 11.1 Å². The van der Waals surface area contributed by atoms with Gasteiger partial charge in [0.05, 0.1) is 19.0 Å². The number of rotatable bonds is 10. The van der Waals surface area contributed by atoms with Gasteiger partial charge in [-0.15, -0.1) is 11.8 Å². The summed E-state index contributed by atoms with van der Waals surface area (Å²) in [6.07, 6.45) is -1.46. The topological polar surface area (TPSA) is 128 Å². The van der Waals surface area contributed by atoms with Crippen LogP contribution in [0.5, 0.6) is 11.5 Å². The number of nitrogens with zero attached hydrogens (tertiary/aromatic N) is 1. The SMILES string of the molecule is COc1ccccc1CNC(=O)C1N(C(=O)C(O)C(Cc2ccccc2)NC(=O)c2cccc(O)c2C)CSC1(C)C. The van der Waals surface area contributed by atoms with Crippen LogP contribution in [-0.4, -0.2) is 68.8 Å². The van der Waals surface area contributed by atoms with Crippen LogP contribution in [0.25, 0.3) is 0 Å². The first kappa shape index (κ1) is 30.9. The minimum absolute atomic E-state index is 0.0304. The number of benzene rings is 3. The van der Waals surface area contributed by atoms with Gasteiger partial charge < -0.3 is 30.5 Å². The molecule has 3 aromatic carbocycles. The molecular formula is C32H37N3O6S. The molecule has 0 aliphatic carbocycles. The predicted molar refractivity (Wildman–Crippen MR) is 162 cm³/mol. The third kappa shape index (κ3) is 6.88. The number of ether oxygens (including phenoxy) is 1. The number of carbonyl (C=O) groups excluding carboxylic acids is 3. The molecule has 0 spiro atoms. The van der Waals surface area contributed by atoms with Gasteiger partial charge in [-0.2, -0.15) is 0 Å². The fourth-order valence-electron chi connectivity index (χ4n) is 5.11. The van der Waals surface area contributed by atoms with Gasteiger partial charge >= 0.3 is 0 Å². The summed E-state index contributed by atoms with van der Waals surface area (Å²) in [5, 5.41) is 27.3. The Morgan fingerprint density at radius 1 is 1.05 bits per heavy atom. The second kappa shape index (κ2) is 13.3. The summed E-state index contributed by atoms with van der Waals surface area (Å²) in [7, 11) is 1.56. The third-order valence-corrected chi connectivity index (χ3v) is 8.90. The van der Waals surface area contributed by atoms with E-state index in [9.17, 15) is 24.6 Å². The number of nitrogens with one attached hydrogen (secondary N) is 2. The van der Waals surface area contributed by atoms with Crippen molar-refractivity contribution in [3.05, 3.63) is 95.1 Å². The molecule has 4 N–H and O–H groups in total. The number of para-hydroxylation sites is 1. The first-order chi connectivity index (χ1) is 20.0. The molecule has 3 aromatic rings. The van der Waals surface area contributed by atoms with E-state index in [-0.39, 0.29) is 36.1 Å². The zero-order valence-corrected chi connectivity index (χ0v) is 25.0. The lowest BCUT2D eigenvalue weighted by Gasteiger charge is -2.33. The summed E-state index contributed by atoms with van der Waals surface area (Å²) in [6.45, 7) is 5.60. The molecule has 1 heterocycles. The Hall–Kier alpha value is -4.02. The van der Waals surface area contributed by atoms with Crippen molar-refractivity contribution in [2.75, 3.05) is 13.0 Å². The van der Waals surface area contributed by atoms with Gasteiger partial charge in [-0.3, -0.25) is 14.4 Å². The molecule has 0 bridgehead atoms. The molecule has 3 unspecified atom stereocenters. The van der Waals surface area contributed by atoms with E-state index in [1.807, 2.05) is 68.4 Å². The van der Waals surface area contributed by atoms with E-state index in [0.29, 0.717) is 11.3 Å². The van der Waals surface area contributed by atoms with Crippen molar-refractivity contribution in [2.24, 2.45) is 0 Å². The van der Waals surface area contributed by atoms with Crippen molar-refractivity contribution in [1.82, 2.24) is 15.5 Å². The monoisotopic (exact) mass is 591 g/mol. The lowest BCUT2D eigenvalue weighted by Crippen LogP contribution is -2.58. The van der Waals surface area contributed by atoms with Gasteiger partial charge in [0.2, 0.25) is 5.91 Å². The summed E-state index contributed by atoms with van der Waals surface area (Å²) >= 11 is 1.44. The Morgan fingerprint density at radius 3 is 2.45 bits per heavy atom. The molecule has 42 heavy (non-hydrogen) atoms. The molecule has 4 rings (SSSR count). The van der Waals surface area contributed by atoms with Gasteiger partial charge in [0.25, 0.3) is 11.8 Å². The zero-order valence-electron chi connectivity index (χ0n) is 24.2. The summed E-state index contributed by atoms with van der Waals surface area (Å²) in [4.78, 5) is 42.1. The number of aromatic hydroxyl groups is 1. The van der Waals surface area contributed by atoms with Crippen LogP contribution in [0.3, 0.4) is 0 Å². The molecule has 1 saturated heterocycles. The maximum atomic E-state index is 13.9. The molecule has 10 heteroatoms. The van der Waals surface area contributed by atoms with Crippen LogP contribution in [0.15, 0.2) is 72.8 Å². The maximum absolute atomic E-state index is 13.9. The molecule has 0 radical (unpaired) electrons. The van der Waals surface area contributed by atoms with Crippen molar-refractivity contribution in [3.8, 4) is 11.5 Å².